The van der Waals surface area contributed by atoms with Crippen LogP contribution in [0.1, 0.15) is 25.0 Å². The van der Waals surface area contributed by atoms with Crippen LogP contribution in [0.3, 0.4) is 0 Å². The van der Waals surface area contributed by atoms with E-state index in [1.807, 2.05) is 0 Å². The minimum atomic E-state index is -0.0626. The molecule has 9 aromatic carbocycles. The van der Waals surface area contributed by atoms with E-state index in [9.17, 15) is 0 Å². The van der Waals surface area contributed by atoms with Crippen LogP contribution >= 0.6 is 0 Å². The van der Waals surface area contributed by atoms with E-state index in [0.717, 1.165) is 72.4 Å². The Bertz CT molecular complexity index is 3880. The van der Waals surface area contributed by atoms with E-state index in [1.165, 1.54) is 54.9 Å². The third-order valence-electron chi connectivity index (χ3n) is 13.8. The molecule has 0 unspecified atom stereocenters. The van der Waals surface area contributed by atoms with Gasteiger partial charge < -0.3 is 0 Å². The van der Waals surface area contributed by atoms with Crippen molar-refractivity contribution in [2.24, 2.45) is 0 Å². The summed E-state index contributed by atoms with van der Waals surface area (Å²) in [5.41, 5.74) is 18.0. The highest BCUT2D eigenvalue weighted by Crippen LogP contribution is 2.49. The summed E-state index contributed by atoms with van der Waals surface area (Å²) in [5.74, 6) is 0.657. The summed E-state index contributed by atoms with van der Waals surface area (Å²) in [6.45, 7) is 4.67. The number of aromatic nitrogens is 4. The van der Waals surface area contributed by atoms with E-state index < -0.39 is 0 Å². The summed E-state index contributed by atoms with van der Waals surface area (Å²) in [5, 5.41) is 6.82. The zero-order valence-corrected chi connectivity index (χ0v) is 37.1. The molecule has 3 heterocycles. The molecule has 4 heteroatoms. The lowest BCUT2D eigenvalue weighted by molar-refractivity contribution is 0.660. The average Bonchev–Trinajstić information content (AvgIpc) is 3.62. The molecule has 0 radical (unpaired) electrons. The highest BCUT2D eigenvalue weighted by Gasteiger charge is 2.35. The van der Waals surface area contributed by atoms with Gasteiger partial charge in [-0.2, -0.15) is 0 Å². The van der Waals surface area contributed by atoms with Gasteiger partial charge in [-0.3, -0.25) is 0 Å². The van der Waals surface area contributed by atoms with Gasteiger partial charge in [0.1, 0.15) is 0 Å². The molecule has 314 valence electrons. The summed E-state index contributed by atoms with van der Waals surface area (Å²) < 4.78 is 0. The number of benzene rings is 9. The maximum absolute atomic E-state index is 5.36. The summed E-state index contributed by atoms with van der Waals surface area (Å²) in [6, 6.07) is 77.9. The molecule has 0 bridgehead atoms. The highest BCUT2D eigenvalue weighted by atomic mass is 14.9. The zero-order chi connectivity index (χ0) is 44.6. The molecule has 0 saturated carbocycles. The Morgan fingerprint density at radius 3 is 1.34 bits per heavy atom. The third kappa shape index (κ3) is 6.68. The number of fused-ring (bicyclic) bond motifs is 8. The zero-order valence-electron chi connectivity index (χ0n) is 37.1. The van der Waals surface area contributed by atoms with Crippen molar-refractivity contribution in [1.29, 1.82) is 0 Å². The molecule has 4 nitrogen and oxygen atoms in total. The molecule has 67 heavy (non-hydrogen) atoms. The van der Waals surface area contributed by atoms with Crippen molar-refractivity contribution in [2.75, 3.05) is 0 Å². The number of hydrogen-bond acceptors (Lipinski definition) is 4. The fourth-order valence-electron chi connectivity index (χ4n) is 10.2. The lowest BCUT2D eigenvalue weighted by Gasteiger charge is -2.22. The van der Waals surface area contributed by atoms with Gasteiger partial charge in [-0.05, 0) is 103 Å². The number of pyridine rings is 2. The first-order chi connectivity index (χ1) is 32.9. The molecule has 0 saturated heterocycles. The van der Waals surface area contributed by atoms with Gasteiger partial charge in [0, 0.05) is 44.0 Å². The molecule has 12 aromatic rings. The monoisotopic (exact) mass is 854 g/mol. The molecular weight excluding hydrogens is 813 g/mol. The summed E-state index contributed by atoms with van der Waals surface area (Å²) in [6.07, 6.45) is 0. The Labute approximate surface area is 389 Å². The number of rotatable bonds is 6. The van der Waals surface area contributed by atoms with Crippen molar-refractivity contribution < 1.29 is 0 Å². The maximum atomic E-state index is 5.36. The predicted molar refractivity (Wildman–Crippen MR) is 278 cm³/mol. The molecule has 13 rings (SSSR count). The van der Waals surface area contributed by atoms with Crippen LogP contribution in [0.25, 0.3) is 122 Å². The largest absolute Gasteiger partial charge is 0.245 e. The fourth-order valence-corrected chi connectivity index (χ4v) is 10.2. The Hall–Kier alpha value is -8.60. The minimum absolute atomic E-state index is 0.0626. The standard InChI is InChI=1S/C63H42N4/c1-63(2)54-20-8-7-19-52(54)53-30-27-46(37-55(53)63)45-15-9-16-47(35-45)56-31-28-41-23-24-42-29-32-57(65-61(42)60(41)64-56)48-17-10-18-51(36-48)62-66-58(49-25-21-39-11-3-5-13-43(39)33-49)38-59(67-62)50-26-22-40-12-4-6-14-44(40)34-50/h3-38H,1-2H3. The first-order valence-electron chi connectivity index (χ1n) is 22.9. The van der Waals surface area contributed by atoms with Crippen molar-refractivity contribution in [2.45, 2.75) is 19.3 Å². The van der Waals surface area contributed by atoms with Gasteiger partial charge in [0.25, 0.3) is 0 Å². The normalized spacial score (nSPS) is 12.7. The van der Waals surface area contributed by atoms with Gasteiger partial charge in [-0.15, -0.1) is 0 Å². The number of hydrogen-bond donors (Lipinski definition) is 0. The van der Waals surface area contributed by atoms with Crippen molar-refractivity contribution >= 4 is 43.4 Å². The molecule has 0 N–H and O–H groups in total. The van der Waals surface area contributed by atoms with Crippen molar-refractivity contribution in [3.05, 3.63) is 230 Å². The molecule has 0 aliphatic heterocycles. The predicted octanol–water partition coefficient (Wildman–Crippen LogP) is 16.2. The molecule has 0 amide bonds. The van der Waals surface area contributed by atoms with Crippen molar-refractivity contribution in [1.82, 2.24) is 19.9 Å². The first kappa shape index (κ1) is 38.8. The second-order valence-electron chi connectivity index (χ2n) is 18.3. The van der Waals surface area contributed by atoms with Crippen LogP contribution in [0.4, 0.5) is 0 Å². The molecule has 0 fully saturated rings. The smallest absolute Gasteiger partial charge is 0.160 e. The average molecular weight is 855 g/mol. The summed E-state index contributed by atoms with van der Waals surface area (Å²) >= 11 is 0. The van der Waals surface area contributed by atoms with Gasteiger partial charge in [0.2, 0.25) is 0 Å². The topological polar surface area (TPSA) is 51.6 Å². The molecule has 0 atom stereocenters. The molecule has 1 aliphatic carbocycles. The highest BCUT2D eigenvalue weighted by molar-refractivity contribution is 6.04. The molecular formula is C63H42N4. The van der Waals surface area contributed by atoms with Gasteiger partial charge in [-0.1, -0.05) is 184 Å². The van der Waals surface area contributed by atoms with Gasteiger partial charge in [0.05, 0.1) is 33.8 Å². The Balaban J connectivity index is 0.878. The van der Waals surface area contributed by atoms with Crippen LogP contribution in [-0.4, -0.2) is 19.9 Å². The van der Waals surface area contributed by atoms with Crippen LogP contribution in [-0.2, 0) is 5.41 Å². The first-order valence-corrected chi connectivity index (χ1v) is 22.9. The van der Waals surface area contributed by atoms with E-state index in [-0.39, 0.29) is 5.41 Å². The van der Waals surface area contributed by atoms with E-state index >= 15 is 0 Å². The third-order valence-corrected chi connectivity index (χ3v) is 13.8. The molecule has 1 aliphatic rings. The molecule has 0 spiro atoms. The van der Waals surface area contributed by atoms with Crippen molar-refractivity contribution in [3.63, 3.8) is 0 Å². The van der Waals surface area contributed by atoms with Crippen molar-refractivity contribution in [3.8, 4) is 78.7 Å². The van der Waals surface area contributed by atoms with E-state index in [1.54, 1.807) is 0 Å². The second-order valence-corrected chi connectivity index (χ2v) is 18.3. The van der Waals surface area contributed by atoms with Crippen LogP contribution < -0.4 is 0 Å². The van der Waals surface area contributed by atoms with E-state index in [2.05, 4.69) is 232 Å². The van der Waals surface area contributed by atoms with Gasteiger partial charge >= 0.3 is 0 Å². The number of nitrogens with zero attached hydrogens (tertiary/aromatic N) is 4. The lowest BCUT2D eigenvalue weighted by Crippen LogP contribution is -2.14. The minimum Gasteiger partial charge on any atom is -0.245 e. The Morgan fingerprint density at radius 2 is 0.716 bits per heavy atom. The SMILES string of the molecule is CC1(C)c2ccccc2-c2ccc(-c3cccc(-c4ccc5ccc6ccc(-c7cccc(-c8nc(-c9ccc%10ccccc%10c9)cc(-c9ccc%10ccccc%10c9)n8)c7)nc6c5n4)c3)cc21. The second kappa shape index (κ2) is 15.3. The van der Waals surface area contributed by atoms with Gasteiger partial charge in [0.15, 0.2) is 5.82 Å². The maximum Gasteiger partial charge on any atom is 0.160 e. The van der Waals surface area contributed by atoms with Gasteiger partial charge in [-0.25, -0.2) is 19.9 Å². The van der Waals surface area contributed by atoms with Crippen LogP contribution in [0, 0.1) is 0 Å². The quantitative estimate of drug-likeness (QED) is 0.156. The lowest BCUT2D eigenvalue weighted by atomic mass is 9.81. The summed E-state index contributed by atoms with van der Waals surface area (Å²) in [4.78, 5) is 21.2. The fraction of sp³-hybridized carbons (Fsp3) is 0.0476. The van der Waals surface area contributed by atoms with E-state index in [0.29, 0.717) is 5.82 Å². The molecule has 3 aromatic heterocycles. The van der Waals surface area contributed by atoms with E-state index in [4.69, 9.17) is 19.9 Å². The Kier molecular flexibility index (Phi) is 8.84. The Morgan fingerprint density at radius 1 is 0.269 bits per heavy atom. The van der Waals surface area contributed by atoms with Crippen LogP contribution in [0.15, 0.2) is 218 Å². The van der Waals surface area contributed by atoms with Crippen LogP contribution in [0.2, 0.25) is 0 Å². The van der Waals surface area contributed by atoms with Crippen LogP contribution in [0.5, 0.6) is 0 Å². The summed E-state index contributed by atoms with van der Waals surface area (Å²) in [7, 11) is 0.